The third kappa shape index (κ3) is 3.37. The fourth-order valence-corrected chi connectivity index (χ4v) is 0.579. The molecule has 6 nitrogen and oxygen atoms in total. The molecular formula is C6H9N3O3. The lowest BCUT2D eigenvalue weighted by Gasteiger charge is -1.97. The molecule has 0 unspecified atom stereocenters. The highest BCUT2D eigenvalue weighted by atomic mass is 16.8. The maximum absolute atomic E-state index is 9.74. The topological polar surface area (TPSA) is 99.4 Å². The molecule has 1 aromatic rings. The van der Waals surface area contributed by atoms with Crippen LogP contribution in [0.1, 0.15) is 0 Å². The third-order valence-electron chi connectivity index (χ3n) is 0.981. The summed E-state index contributed by atoms with van der Waals surface area (Å²) in [7, 11) is 0. The first kappa shape index (κ1) is 10.2. The Morgan fingerprint density at radius 3 is 2.42 bits per heavy atom. The van der Waals surface area contributed by atoms with Crippen LogP contribution in [0.3, 0.4) is 0 Å². The second-order valence-corrected chi connectivity index (χ2v) is 1.76. The van der Waals surface area contributed by atoms with Crippen LogP contribution in [0, 0.1) is 10.1 Å². The van der Waals surface area contributed by atoms with E-state index >= 15 is 0 Å². The zero-order valence-electron chi connectivity index (χ0n) is 6.27. The maximum Gasteiger partial charge on any atom is 0.194 e. The molecule has 0 radical (unpaired) electrons. The SMILES string of the molecule is N.O=[N+]([O-])NOc1ccccc1. The van der Waals surface area contributed by atoms with Crippen LogP contribution in [0.25, 0.3) is 0 Å². The average Bonchev–Trinajstić information content (AvgIpc) is 2.03. The number of nitrogens with zero attached hydrogens (tertiary/aromatic N) is 1. The van der Waals surface area contributed by atoms with Crippen LogP contribution in [-0.2, 0) is 0 Å². The Bertz CT molecular complexity index is 239. The van der Waals surface area contributed by atoms with Gasteiger partial charge in [-0.3, -0.25) is 0 Å². The molecule has 12 heavy (non-hydrogen) atoms. The summed E-state index contributed by atoms with van der Waals surface area (Å²) in [5, 5.41) is 8.97. The fourth-order valence-electron chi connectivity index (χ4n) is 0.579. The Morgan fingerprint density at radius 1 is 1.33 bits per heavy atom. The van der Waals surface area contributed by atoms with E-state index in [1.54, 1.807) is 35.9 Å². The van der Waals surface area contributed by atoms with E-state index in [0.29, 0.717) is 5.75 Å². The Balaban J connectivity index is 0.00000121. The van der Waals surface area contributed by atoms with E-state index in [1.165, 1.54) is 0 Å². The van der Waals surface area contributed by atoms with Gasteiger partial charge in [0.25, 0.3) is 0 Å². The Morgan fingerprint density at radius 2 is 1.92 bits per heavy atom. The summed E-state index contributed by atoms with van der Waals surface area (Å²) in [4.78, 5) is 14.3. The lowest BCUT2D eigenvalue weighted by atomic mass is 10.3. The Hall–Kier alpha value is -1.82. The summed E-state index contributed by atoms with van der Waals surface area (Å²) in [5.74, 6) is 0.407. The van der Waals surface area contributed by atoms with Crippen molar-refractivity contribution in [1.82, 2.24) is 11.7 Å². The Labute approximate surface area is 68.8 Å². The smallest absolute Gasteiger partial charge is 0.194 e. The van der Waals surface area contributed by atoms with Crippen LogP contribution < -0.4 is 16.6 Å². The number of nitrogens with one attached hydrogen (secondary N) is 1. The van der Waals surface area contributed by atoms with E-state index in [-0.39, 0.29) is 6.15 Å². The third-order valence-corrected chi connectivity index (χ3v) is 0.981. The highest BCUT2D eigenvalue weighted by molar-refractivity contribution is 5.20. The minimum Gasteiger partial charge on any atom is -0.344 e. The van der Waals surface area contributed by atoms with Gasteiger partial charge in [0.2, 0.25) is 0 Å². The lowest BCUT2D eigenvalue weighted by molar-refractivity contribution is -0.592. The van der Waals surface area contributed by atoms with Crippen molar-refractivity contribution in [3.05, 3.63) is 40.4 Å². The molecule has 0 aromatic heterocycles. The van der Waals surface area contributed by atoms with Gasteiger partial charge < -0.3 is 11.0 Å². The molecule has 0 saturated heterocycles. The molecule has 0 aliphatic heterocycles. The molecule has 0 amide bonds. The fraction of sp³-hybridized carbons (Fsp3) is 0. The van der Waals surface area contributed by atoms with Crippen molar-refractivity contribution in [1.29, 1.82) is 0 Å². The van der Waals surface area contributed by atoms with E-state index in [0.717, 1.165) is 0 Å². The van der Waals surface area contributed by atoms with Crippen LogP contribution in [0.15, 0.2) is 30.3 Å². The second-order valence-electron chi connectivity index (χ2n) is 1.76. The molecule has 0 bridgehead atoms. The van der Waals surface area contributed by atoms with Crippen molar-refractivity contribution in [2.45, 2.75) is 0 Å². The van der Waals surface area contributed by atoms with Crippen LogP contribution in [-0.4, -0.2) is 5.03 Å². The van der Waals surface area contributed by atoms with Gasteiger partial charge in [0.1, 0.15) is 0 Å². The summed E-state index contributed by atoms with van der Waals surface area (Å²) in [6, 6.07) is 8.44. The zero-order valence-corrected chi connectivity index (χ0v) is 6.27. The molecule has 0 aliphatic carbocycles. The van der Waals surface area contributed by atoms with Gasteiger partial charge in [0, 0.05) is 5.59 Å². The summed E-state index contributed by atoms with van der Waals surface area (Å²) in [5.41, 5.74) is 1.58. The van der Waals surface area contributed by atoms with E-state index < -0.39 is 5.03 Å². The summed E-state index contributed by atoms with van der Waals surface area (Å²) in [6.07, 6.45) is 0. The normalized spacial score (nSPS) is 8.00. The van der Waals surface area contributed by atoms with E-state index in [9.17, 15) is 10.1 Å². The van der Waals surface area contributed by atoms with Gasteiger partial charge in [-0.2, -0.15) is 0 Å². The van der Waals surface area contributed by atoms with Gasteiger partial charge >= 0.3 is 0 Å². The van der Waals surface area contributed by atoms with Gasteiger partial charge in [-0.15, -0.1) is 0 Å². The average molecular weight is 171 g/mol. The monoisotopic (exact) mass is 171 g/mol. The van der Waals surface area contributed by atoms with Crippen LogP contribution >= 0.6 is 0 Å². The first-order chi connectivity index (χ1) is 5.29. The second kappa shape index (κ2) is 4.91. The lowest BCUT2D eigenvalue weighted by Crippen LogP contribution is -2.25. The minimum atomic E-state index is -0.771. The molecule has 0 spiro atoms. The highest BCUT2D eigenvalue weighted by Crippen LogP contribution is 2.05. The summed E-state index contributed by atoms with van der Waals surface area (Å²) in [6.45, 7) is 0. The number of rotatable bonds is 3. The van der Waals surface area contributed by atoms with Crippen molar-refractivity contribution >= 4 is 0 Å². The quantitative estimate of drug-likeness (QED) is 0.520. The summed E-state index contributed by atoms with van der Waals surface area (Å²) >= 11 is 0. The predicted octanol–water partition coefficient (Wildman–Crippen LogP) is 0.924. The van der Waals surface area contributed by atoms with Gasteiger partial charge in [-0.1, -0.05) is 18.2 Å². The largest absolute Gasteiger partial charge is 0.344 e. The molecule has 0 saturated carbocycles. The zero-order chi connectivity index (χ0) is 8.10. The molecule has 0 heterocycles. The van der Waals surface area contributed by atoms with Crippen molar-refractivity contribution in [2.24, 2.45) is 0 Å². The first-order valence-corrected chi connectivity index (χ1v) is 2.91. The number of hydrogen-bond acceptors (Lipinski definition) is 4. The van der Waals surface area contributed by atoms with Crippen molar-refractivity contribution in [3.63, 3.8) is 0 Å². The van der Waals surface area contributed by atoms with E-state index in [4.69, 9.17) is 0 Å². The molecule has 6 heteroatoms. The number of nitro groups is 1. The van der Waals surface area contributed by atoms with Gasteiger partial charge in [0.15, 0.2) is 10.8 Å². The number of hydrazine groups is 1. The highest BCUT2D eigenvalue weighted by Gasteiger charge is 1.94. The van der Waals surface area contributed by atoms with Crippen LogP contribution in [0.4, 0.5) is 0 Å². The Kier molecular flexibility index (Phi) is 4.17. The molecule has 66 valence electrons. The predicted molar refractivity (Wildman–Crippen MR) is 42.2 cm³/mol. The molecule has 0 fully saturated rings. The summed E-state index contributed by atoms with van der Waals surface area (Å²) < 4.78 is 0. The van der Waals surface area contributed by atoms with Gasteiger partial charge in [0.05, 0.1) is 0 Å². The van der Waals surface area contributed by atoms with Gasteiger partial charge in [-0.25, -0.2) is 10.1 Å². The van der Waals surface area contributed by atoms with Crippen molar-refractivity contribution in [3.8, 4) is 5.75 Å². The standard InChI is InChI=1S/C6H6N2O3.H3N/c9-8(10)7-11-6-4-2-1-3-5-6;/h1-5,7H;1H3. The molecular weight excluding hydrogens is 162 g/mol. The van der Waals surface area contributed by atoms with Crippen LogP contribution in [0.2, 0.25) is 0 Å². The number of benzene rings is 1. The molecule has 0 aliphatic rings. The first-order valence-electron chi connectivity index (χ1n) is 2.91. The van der Waals surface area contributed by atoms with Crippen molar-refractivity contribution in [2.75, 3.05) is 0 Å². The van der Waals surface area contributed by atoms with E-state index in [1.807, 2.05) is 0 Å². The number of para-hydroxylation sites is 1. The molecule has 1 aromatic carbocycles. The van der Waals surface area contributed by atoms with Crippen LogP contribution in [0.5, 0.6) is 5.75 Å². The molecule has 1 rings (SSSR count). The van der Waals surface area contributed by atoms with Gasteiger partial charge in [-0.05, 0) is 12.1 Å². The number of hydrogen-bond donors (Lipinski definition) is 2. The van der Waals surface area contributed by atoms with E-state index in [2.05, 4.69) is 4.84 Å². The van der Waals surface area contributed by atoms with Crippen molar-refractivity contribution < 1.29 is 9.87 Å². The molecule has 4 N–H and O–H groups in total. The minimum absolute atomic E-state index is 0. The maximum atomic E-state index is 9.74. The molecule has 0 atom stereocenters.